The molecule has 0 spiro atoms. The number of cyclic esters (lactones) is 1. The van der Waals surface area contributed by atoms with Crippen molar-refractivity contribution in [3.8, 4) is 11.5 Å². The first-order chi connectivity index (χ1) is 14.4. The van der Waals surface area contributed by atoms with Crippen LogP contribution < -0.4 is 20.3 Å². The van der Waals surface area contributed by atoms with E-state index in [4.69, 9.17) is 26.4 Å². The van der Waals surface area contributed by atoms with E-state index in [0.717, 1.165) is 0 Å². The molecule has 1 fully saturated rings. The van der Waals surface area contributed by atoms with E-state index in [1.54, 1.807) is 30.3 Å². The average Bonchev–Trinajstić information content (AvgIpc) is 3.09. The summed E-state index contributed by atoms with van der Waals surface area (Å²) >= 11 is 4.88. The first kappa shape index (κ1) is 21.3. The van der Waals surface area contributed by atoms with Gasteiger partial charge in [-0.3, -0.25) is 9.69 Å². The van der Waals surface area contributed by atoms with Gasteiger partial charge in [-0.1, -0.05) is 0 Å². The maximum absolute atomic E-state index is 14.6. The van der Waals surface area contributed by atoms with Gasteiger partial charge in [0.25, 0.3) is 5.17 Å². The fourth-order valence-corrected chi connectivity index (χ4v) is 2.87. The van der Waals surface area contributed by atoms with Gasteiger partial charge >= 0.3 is 6.09 Å². The van der Waals surface area contributed by atoms with Crippen LogP contribution in [0.25, 0.3) is 0 Å². The van der Waals surface area contributed by atoms with Gasteiger partial charge in [-0.05, 0) is 48.6 Å². The number of hydrogen-bond acceptors (Lipinski definition) is 6. The molecule has 1 aliphatic rings. The molecule has 2 amide bonds. The number of halogens is 1. The van der Waals surface area contributed by atoms with Crippen molar-refractivity contribution in [2.24, 2.45) is 0 Å². The van der Waals surface area contributed by atoms with Crippen LogP contribution in [0, 0.1) is 5.82 Å². The molecule has 2 N–H and O–H groups in total. The summed E-state index contributed by atoms with van der Waals surface area (Å²) < 4.78 is 30.2. The smallest absolute Gasteiger partial charge is 0.414 e. The number of hydrogen-bond donors (Lipinski definition) is 2. The van der Waals surface area contributed by atoms with Crippen molar-refractivity contribution in [3.05, 3.63) is 48.3 Å². The summed E-state index contributed by atoms with van der Waals surface area (Å²) in [4.78, 5) is 24.5. The molecule has 0 saturated carbocycles. The topological polar surface area (TPSA) is 89.1 Å². The number of ether oxygens (including phenoxy) is 3. The van der Waals surface area contributed by atoms with Gasteiger partial charge in [-0.15, -0.1) is 0 Å². The molecule has 1 saturated heterocycles. The van der Waals surface area contributed by atoms with Crippen LogP contribution in [-0.2, 0) is 14.3 Å². The van der Waals surface area contributed by atoms with Crippen LogP contribution in [0.15, 0.2) is 42.5 Å². The minimum absolute atomic E-state index is 0.00208. The van der Waals surface area contributed by atoms with Crippen LogP contribution in [0.1, 0.15) is 6.92 Å². The second-order valence-electron chi connectivity index (χ2n) is 6.41. The van der Waals surface area contributed by atoms with Gasteiger partial charge in [-0.2, -0.15) is 0 Å². The van der Waals surface area contributed by atoms with Gasteiger partial charge in [-0.25, -0.2) is 9.18 Å². The third-order valence-corrected chi connectivity index (χ3v) is 4.47. The van der Waals surface area contributed by atoms with Crippen LogP contribution in [0.2, 0.25) is 0 Å². The summed E-state index contributed by atoms with van der Waals surface area (Å²) in [7, 11) is 1.44. The predicted molar refractivity (Wildman–Crippen MR) is 112 cm³/mol. The zero-order chi connectivity index (χ0) is 21.7. The molecule has 0 radical (unpaired) electrons. The molecule has 0 aliphatic carbocycles. The lowest BCUT2D eigenvalue weighted by molar-refractivity contribution is -0.114. The van der Waals surface area contributed by atoms with Crippen molar-refractivity contribution in [2.75, 3.05) is 30.4 Å². The van der Waals surface area contributed by atoms with Crippen LogP contribution in [-0.4, -0.2) is 43.5 Å². The number of rotatable bonds is 6. The maximum atomic E-state index is 14.6. The van der Waals surface area contributed by atoms with Gasteiger partial charge in [0.2, 0.25) is 5.91 Å². The minimum Gasteiger partial charge on any atom is -0.474 e. The van der Waals surface area contributed by atoms with E-state index in [1.807, 2.05) is 0 Å². The number of nitrogens with zero attached hydrogens (tertiary/aromatic N) is 1. The lowest BCUT2D eigenvalue weighted by Gasteiger charge is -2.15. The quantitative estimate of drug-likeness (QED) is 0.675. The zero-order valence-electron chi connectivity index (χ0n) is 16.3. The zero-order valence-corrected chi connectivity index (χ0v) is 17.1. The Hall–Kier alpha value is -3.40. The molecular weight excluding hydrogens is 413 g/mol. The SMILES string of the molecule is COC(=S)NC[C@H]1CN(c2ccc(Oc3ccc(NC(C)=O)cc3)c(F)c2)C(=O)O1. The van der Waals surface area contributed by atoms with Crippen molar-refractivity contribution in [2.45, 2.75) is 13.0 Å². The van der Waals surface area contributed by atoms with E-state index >= 15 is 0 Å². The number of carbonyl (C=O) groups excluding carboxylic acids is 2. The Morgan fingerprint density at radius 1 is 1.30 bits per heavy atom. The maximum Gasteiger partial charge on any atom is 0.414 e. The van der Waals surface area contributed by atoms with Crippen molar-refractivity contribution in [1.29, 1.82) is 0 Å². The van der Waals surface area contributed by atoms with Gasteiger partial charge in [0, 0.05) is 18.7 Å². The van der Waals surface area contributed by atoms with Crippen LogP contribution in [0.5, 0.6) is 11.5 Å². The predicted octanol–water partition coefficient (Wildman–Crippen LogP) is 3.42. The second-order valence-corrected chi connectivity index (χ2v) is 6.78. The average molecular weight is 433 g/mol. The van der Waals surface area contributed by atoms with E-state index in [9.17, 15) is 14.0 Å². The number of methoxy groups -OCH3 is 1. The monoisotopic (exact) mass is 433 g/mol. The number of thiocarbonyl (C=S) groups is 1. The lowest BCUT2D eigenvalue weighted by atomic mass is 10.2. The molecule has 1 atom stereocenters. The molecule has 158 valence electrons. The van der Waals surface area contributed by atoms with Crippen LogP contribution in [0.3, 0.4) is 0 Å². The van der Waals surface area contributed by atoms with E-state index in [1.165, 1.54) is 31.1 Å². The molecule has 0 bridgehead atoms. The van der Waals surface area contributed by atoms with Crippen molar-refractivity contribution in [1.82, 2.24) is 5.32 Å². The molecule has 1 heterocycles. The summed E-state index contributed by atoms with van der Waals surface area (Å²) in [6.07, 6.45) is -1.03. The molecule has 30 heavy (non-hydrogen) atoms. The molecular formula is C20H20FN3O5S. The molecule has 2 aromatic carbocycles. The molecule has 1 aliphatic heterocycles. The van der Waals surface area contributed by atoms with E-state index in [2.05, 4.69) is 10.6 Å². The Morgan fingerprint density at radius 3 is 2.67 bits per heavy atom. The van der Waals surface area contributed by atoms with Crippen LogP contribution in [0.4, 0.5) is 20.6 Å². The number of nitrogens with one attached hydrogen (secondary N) is 2. The Bertz CT molecular complexity index is 954. The van der Waals surface area contributed by atoms with Crippen molar-refractivity contribution in [3.63, 3.8) is 0 Å². The molecule has 10 heteroatoms. The Balaban J connectivity index is 1.64. The standard InChI is InChI=1S/C20H20FN3O5S/c1-12(25)23-13-3-6-15(7-4-13)28-18-8-5-14(9-17(18)21)24-11-16(29-20(24)26)10-22-19(30)27-2/h3-9,16H,10-11H2,1-2H3,(H,22,30)(H,23,25)/t16-/m0/s1. The van der Waals surface area contributed by atoms with E-state index < -0.39 is 18.0 Å². The normalized spacial score (nSPS) is 15.4. The second kappa shape index (κ2) is 9.40. The van der Waals surface area contributed by atoms with E-state index in [0.29, 0.717) is 17.1 Å². The molecule has 8 nitrogen and oxygen atoms in total. The van der Waals surface area contributed by atoms with Gasteiger partial charge < -0.3 is 24.8 Å². The van der Waals surface area contributed by atoms with Gasteiger partial charge in [0.1, 0.15) is 11.9 Å². The highest BCUT2D eigenvalue weighted by Crippen LogP contribution is 2.30. The molecule has 3 rings (SSSR count). The number of benzene rings is 2. The molecule has 2 aromatic rings. The first-order valence-corrected chi connectivity index (χ1v) is 9.41. The lowest BCUT2D eigenvalue weighted by Crippen LogP contribution is -2.34. The third-order valence-electron chi connectivity index (χ3n) is 4.16. The first-order valence-electron chi connectivity index (χ1n) is 9.00. The summed E-state index contributed by atoms with van der Waals surface area (Å²) in [5.74, 6) is -0.419. The van der Waals surface area contributed by atoms with E-state index in [-0.39, 0.29) is 29.9 Å². The summed E-state index contributed by atoms with van der Waals surface area (Å²) in [6.45, 7) is 1.93. The Labute approximate surface area is 177 Å². The Morgan fingerprint density at radius 2 is 2.03 bits per heavy atom. The molecule has 0 aromatic heterocycles. The number of anilines is 2. The highest BCUT2D eigenvalue weighted by Gasteiger charge is 2.32. The Kier molecular flexibility index (Phi) is 6.68. The van der Waals surface area contributed by atoms with Gasteiger partial charge in [0.05, 0.1) is 25.9 Å². The fraction of sp³-hybridized carbons (Fsp3) is 0.250. The number of carbonyl (C=O) groups is 2. The summed E-state index contributed by atoms with van der Waals surface area (Å²) in [5.41, 5.74) is 0.955. The summed E-state index contributed by atoms with van der Waals surface area (Å²) in [6, 6.07) is 10.7. The fourth-order valence-electron chi connectivity index (χ4n) is 2.78. The third kappa shape index (κ3) is 5.35. The summed E-state index contributed by atoms with van der Waals surface area (Å²) in [5, 5.41) is 5.65. The highest BCUT2D eigenvalue weighted by atomic mass is 32.1. The van der Waals surface area contributed by atoms with Crippen molar-refractivity contribution >= 4 is 40.8 Å². The molecule has 0 unspecified atom stereocenters. The van der Waals surface area contributed by atoms with Crippen LogP contribution >= 0.6 is 12.2 Å². The largest absolute Gasteiger partial charge is 0.474 e. The van der Waals surface area contributed by atoms with Crippen molar-refractivity contribution < 1.29 is 28.2 Å². The highest BCUT2D eigenvalue weighted by molar-refractivity contribution is 7.80. The van der Waals surface area contributed by atoms with Gasteiger partial charge in [0.15, 0.2) is 11.6 Å². The minimum atomic E-state index is -0.631. The number of amides is 2.